The smallest absolute Gasteiger partial charge is 0.250 e. The van der Waals surface area contributed by atoms with Gasteiger partial charge in [0, 0.05) is 6.92 Å². The Hall–Kier alpha value is -1.17. The minimum atomic E-state index is -0.443. The average Bonchev–Trinajstić information content (AvgIpc) is 2.44. The van der Waals surface area contributed by atoms with Crippen LogP contribution in [0.4, 0.5) is 0 Å². The quantitative estimate of drug-likeness (QED) is 0.577. The minimum Gasteiger partial charge on any atom is -0.351 e. The highest BCUT2D eigenvalue weighted by atomic mass is 32.1. The van der Waals surface area contributed by atoms with Crippen LogP contribution >= 0.6 is 12.2 Å². The Morgan fingerprint density at radius 3 is 2.73 bits per heavy atom. The second kappa shape index (κ2) is 5.06. The molecule has 0 spiro atoms. The summed E-state index contributed by atoms with van der Waals surface area (Å²) in [6, 6.07) is -0.644. The van der Waals surface area contributed by atoms with E-state index in [0.29, 0.717) is 5.11 Å². The Bertz CT molecular complexity index is 293. The predicted octanol–water partition coefficient (Wildman–Crippen LogP) is -0.336. The van der Waals surface area contributed by atoms with Crippen LogP contribution in [0.2, 0.25) is 0 Å². The van der Waals surface area contributed by atoms with Gasteiger partial charge in [0.05, 0.1) is 6.04 Å². The average molecular weight is 229 g/mol. The van der Waals surface area contributed by atoms with E-state index in [0.717, 1.165) is 12.8 Å². The van der Waals surface area contributed by atoms with Crippen molar-refractivity contribution in [2.75, 3.05) is 0 Å². The van der Waals surface area contributed by atoms with Crippen molar-refractivity contribution in [3.63, 3.8) is 0 Å². The summed E-state index contributed by atoms with van der Waals surface area (Å²) in [7, 11) is 0. The second-order valence-corrected chi connectivity index (χ2v) is 3.94. The van der Waals surface area contributed by atoms with Crippen LogP contribution < -0.4 is 16.0 Å². The van der Waals surface area contributed by atoms with E-state index in [-0.39, 0.29) is 17.9 Å². The van der Waals surface area contributed by atoms with E-state index in [2.05, 4.69) is 16.0 Å². The molecule has 2 amide bonds. The lowest BCUT2D eigenvalue weighted by Crippen LogP contribution is -2.50. The maximum atomic E-state index is 11.5. The molecule has 15 heavy (non-hydrogen) atoms. The van der Waals surface area contributed by atoms with Gasteiger partial charge in [-0.05, 0) is 18.6 Å². The van der Waals surface area contributed by atoms with Crippen LogP contribution in [-0.4, -0.2) is 29.0 Å². The summed E-state index contributed by atoms with van der Waals surface area (Å²) in [5.41, 5.74) is 0. The van der Waals surface area contributed by atoms with Gasteiger partial charge in [0.25, 0.3) is 5.91 Å². The summed E-state index contributed by atoms with van der Waals surface area (Å²) in [4.78, 5) is 22.4. The lowest BCUT2D eigenvalue weighted by molar-refractivity contribution is -0.122. The van der Waals surface area contributed by atoms with Crippen molar-refractivity contribution < 1.29 is 9.59 Å². The standard InChI is InChI=1S/C9H15N3O2S/c1-3-4-6(10-5(2)13)7-8(14)12-9(15)11-7/h6-7H,3-4H2,1-2H3,(H,10,13)(H2,11,12,14,15). The zero-order valence-electron chi connectivity index (χ0n) is 8.79. The molecular formula is C9H15N3O2S. The van der Waals surface area contributed by atoms with E-state index >= 15 is 0 Å². The molecule has 0 aromatic rings. The lowest BCUT2D eigenvalue weighted by atomic mass is 10.0. The SMILES string of the molecule is CCCC(NC(C)=O)C1NC(=S)NC1=O. The Balaban J connectivity index is 2.66. The molecule has 1 saturated heterocycles. The zero-order valence-corrected chi connectivity index (χ0v) is 9.61. The molecule has 0 aromatic heterocycles. The first-order valence-electron chi connectivity index (χ1n) is 4.93. The van der Waals surface area contributed by atoms with E-state index in [1.54, 1.807) is 0 Å². The van der Waals surface area contributed by atoms with Crippen LogP contribution in [0.15, 0.2) is 0 Å². The molecule has 2 atom stereocenters. The van der Waals surface area contributed by atoms with Crippen molar-refractivity contribution in [2.24, 2.45) is 0 Å². The van der Waals surface area contributed by atoms with E-state index in [1.165, 1.54) is 6.92 Å². The van der Waals surface area contributed by atoms with Crippen molar-refractivity contribution >= 4 is 29.1 Å². The molecule has 1 rings (SSSR count). The fourth-order valence-corrected chi connectivity index (χ4v) is 1.84. The van der Waals surface area contributed by atoms with Crippen LogP contribution in [-0.2, 0) is 9.59 Å². The van der Waals surface area contributed by atoms with Gasteiger partial charge in [0.1, 0.15) is 6.04 Å². The molecule has 1 fully saturated rings. The fraction of sp³-hybridized carbons (Fsp3) is 0.667. The highest BCUT2D eigenvalue weighted by Gasteiger charge is 2.34. The maximum Gasteiger partial charge on any atom is 0.250 e. The Morgan fingerprint density at radius 1 is 1.67 bits per heavy atom. The van der Waals surface area contributed by atoms with Crippen LogP contribution in [0, 0.1) is 0 Å². The number of amides is 2. The van der Waals surface area contributed by atoms with Crippen molar-refractivity contribution in [3.05, 3.63) is 0 Å². The van der Waals surface area contributed by atoms with E-state index in [1.807, 2.05) is 6.92 Å². The molecule has 0 radical (unpaired) electrons. The summed E-state index contributed by atoms with van der Waals surface area (Å²) in [5, 5.41) is 8.44. The third kappa shape index (κ3) is 3.16. The molecule has 1 aliphatic rings. The highest BCUT2D eigenvalue weighted by molar-refractivity contribution is 7.80. The van der Waals surface area contributed by atoms with Gasteiger partial charge >= 0.3 is 0 Å². The minimum absolute atomic E-state index is 0.138. The first-order chi connectivity index (χ1) is 7.04. The summed E-state index contributed by atoms with van der Waals surface area (Å²) < 4.78 is 0. The van der Waals surface area contributed by atoms with Crippen LogP contribution in [0.3, 0.4) is 0 Å². The fourth-order valence-electron chi connectivity index (χ4n) is 1.61. The molecule has 3 N–H and O–H groups in total. The molecule has 0 aliphatic carbocycles. The largest absolute Gasteiger partial charge is 0.351 e. The van der Waals surface area contributed by atoms with Crippen molar-refractivity contribution in [1.29, 1.82) is 0 Å². The summed E-state index contributed by atoms with van der Waals surface area (Å²) in [6.07, 6.45) is 1.64. The van der Waals surface area contributed by atoms with Gasteiger partial charge in [-0.2, -0.15) is 0 Å². The van der Waals surface area contributed by atoms with Gasteiger partial charge in [-0.1, -0.05) is 13.3 Å². The van der Waals surface area contributed by atoms with Crippen molar-refractivity contribution in [2.45, 2.75) is 38.8 Å². The Kier molecular flexibility index (Phi) is 4.02. The first kappa shape index (κ1) is 11.9. The Morgan fingerprint density at radius 2 is 2.33 bits per heavy atom. The number of hydrogen-bond acceptors (Lipinski definition) is 3. The van der Waals surface area contributed by atoms with Gasteiger partial charge < -0.3 is 16.0 Å². The number of nitrogens with one attached hydrogen (secondary N) is 3. The molecule has 5 nitrogen and oxygen atoms in total. The first-order valence-corrected chi connectivity index (χ1v) is 5.34. The number of carbonyl (C=O) groups excluding carboxylic acids is 2. The monoisotopic (exact) mass is 229 g/mol. The molecule has 2 unspecified atom stereocenters. The molecule has 1 heterocycles. The van der Waals surface area contributed by atoms with Crippen molar-refractivity contribution in [1.82, 2.24) is 16.0 Å². The zero-order chi connectivity index (χ0) is 11.4. The molecule has 0 bridgehead atoms. The number of rotatable bonds is 4. The van der Waals surface area contributed by atoms with Crippen LogP contribution in [0.25, 0.3) is 0 Å². The second-order valence-electron chi connectivity index (χ2n) is 3.54. The topological polar surface area (TPSA) is 70.2 Å². The van der Waals surface area contributed by atoms with E-state index in [4.69, 9.17) is 12.2 Å². The van der Waals surface area contributed by atoms with E-state index in [9.17, 15) is 9.59 Å². The predicted molar refractivity (Wildman–Crippen MR) is 60.2 cm³/mol. The summed E-state index contributed by atoms with van der Waals surface area (Å²) >= 11 is 4.83. The molecule has 84 valence electrons. The number of hydrogen-bond donors (Lipinski definition) is 3. The Labute approximate surface area is 94.0 Å². The van der Waals surface area contributed by atoms with Gasteiger partial charge in [-0.3, -0.25) is 9.59 Å². The normalized spacial score (nSPS) is 21.9. The lowest BCUT2D eigenvalue weighted by Gasteiger charge is -2.21. The molecule has 1 aliphatic heterocycles. The van der Waals surface area contributed by atoms with Gasteiger partial charge in [-0.25, -0.2) is 0 Å². The highest BCUT2D eigenvalue weighted by Crippen LogP contribution is 2.06. The van der Waals surface area contributed by atoms with Gasteiger partial charge in [-0.15, -0.1) is 0 Å². The third-order valence-corrected chi connectivity index (χ3v) is 2.42. The number of thiocarbonyl (C=S) groups is 1. The molecule has 0 aromatic carbocycles. The van der Waals surface area contributed by atoms with Crippen LogP contribution in [0.1, 0.15) is 26.7 Å². The van der Waals surface area contributed by atoms with Gasteiger partial charge in [0.2, 0.25) is 5.91 Å². The van der Waals surface area contributed by atoms with E-state index < -0.39 is 6.04 Å². The van der Waals surface area contributed by atoms with Crippen LogP contribution in [0.5, 0.6) is 0 Å². The van der Waals surface area contributed by atoms with Gasteiger partial charge in [0.15, 0.2) is 5.11 Å². The third-order valence-electron chi connectivity index (χ3n) is 2.20. The summed E-state index contributed by atoms with van der Waals surface area (Å²) in [6.45, 7) is 3.44. The molecular weight excluding hydrogens is 214 g/mol. The molecule has 0 saturated carbocycles. The summed E-state index contributed by atoms with van der Waals surface area (Å²) in [5.74, 6) is -0.312. The molecule has 6 heteroatoms. The maximum absolute atomic E-state index is 11.5. The van der Waals surface area contributed by atoms with Crippen molar-refractivity contribution in [3.8, 4) is 0 Å². The number of carbonyl (C=O) groups is 2.